The molecule has 3 aromatic rings. The molecule has 1 aromatic carbocycles. The van der Waals surface area contributed by atoms with E-state index in [2.05, 4.69) is 15.5 Å². The molecule has 7 heteroatoms. The van der Waals surface area contributed by atoms with Gasteiger partial charge in [0.05, 0.1) is 18.0 Å². The Kier molecular flexibility index (Phi) is 5.91. The van der Waals surface area contributed by atoms with E-state index >= 15 is 0 Å². The second-order valence-corrected chi connectivity index (χ2v) is 7.44. The Morgan fingerprint density at radius 2 is 1.96 bits per heavy atom. The molecule has 0 fully saturated rings. The zero-order chi connectivity index (χ0) is 19.4. The summed E-state index contributed by atoms with van der Waals surface area (Å²) in [6, 6.07) is 7.82. The highest BCUT2D eigenvalue weighted by Gasteiger charge is 2.14. The molecular weight excluding hydrogens is 362 g/mol. The second-order valence-electron chi connectivity index (χ2n) is 6.23. The number of anilines is 1. The molecule has 0 radical (unpaired) electrons. The number of carbonyl (C=O) groups is 1. The first-order valence-electron chi connectivity index (χ1n) is 8.90. The van der Waals surface area contributed by atoms with Crippen molar-refractivity contribution in [3.8, 4) is 17.0 Å². The van der Waals surface area contributed by atoms with Gasteiger partial charge in [-0.15, -0.1) is 11.3 Å². The molecule has 0 saturated heterocycles. The van der Waals surface area contributed by atoms with Gasteiger partial charge in [0.15, 0.2) is 5.13 Å². The summed E-state index contributed by atoms with van der Waals surface area (Å²) in [4.78, 5) is 17.9. The summed E-state index contributed by atoms with van der Waals surface area (Å²) in [6.45, 7) is 8.35. The standard InChI is InChI=1S/C20H23N3O3S/c1-5-25-16-8-6-15(7-9-16)19-14(4)27-20(22-19)21-18(24)11-10-17-12(2)23-26-13(17)3/h6-9H,5,10-11H2,1-4H3,(H,21,22,24). The molecule has 0 aliphatic carbocycles. The number of rotatable bonds is 7. The van der Waals surface area contributed by atoms with E-state index in [1.54, 1.807) is 0 Å². The SMILES string of the molecule is CCOc1ccc(-c2nc(NC(=O)CCc3c(C)noc3C)sc2C)cc1. The van der Waals surface area contributed by atoms with Gasteiger partial charge < -0.3 is 14.6 Å². The van der Waals surface area contributed by atoms with Crippen LogP contribution in [0, 0.1) is 20.8 Å². The molecular formula is C20H23N3O3S. The number of benzene rings is 1. The fraction of sp³-hybridized carbons (Fsp3) is 0.350. The van der Waals surface area contributed by atoms with Crippen LogP contribution in [0.2, 0.25) is 0 Å². The third-order valence-electron chi connectivity index (χ3n) is 4.26. The lowest BCUT2D eigenvalue weighted by Gasteiger charge is -2.04. The lowest BCUT2D eigenvalue weighted by atomic mass is 10.1. The van der Waals surface area contributed by atoms with Crippen molar-refractivity contribution in [3.63, 3.8) is 0 Å². The molecule has 3 rings (SSSR count). The van der Waals surface area contributed by atoms with Gasteiger partial charge in [-0.25, -0.2) is 4.98 Å². The maximum Gasteiger partial charge on any atom is 0.226 e. The van der Waals surface area contributed by atoms with Crippen molar-refractivity contribution >= 4 is 22.4 Å². The number of thiazole rings is 1. The Bertz CT molecular complexity index is 909. The Balaban J connectivity index is 1.64. The third-order valence-corrected chi connectivity index (χ3v) is 5.15. The molecule has 1 amide bonds. The second kappa shape index (κ2) is 8.35. The summed E-state index contributed by atoms with van der Waals surface area (Å²) in [7, 11) is 0. The Labute approximate surface area is 162 Å². The van der Waals surface area contributed by atoms with Crippen molar-refractivity contribution in [3.05, 3.63) is 46.2 Å². The number of hydrogen-bond acceptors (Lipinski definition) is 6. The van der Waals surface area contributed by atoms with Crippen LogP contribution in [0.3, 0.4) is 0 Å². The first-order valence-corrected chi connectivity index (χ1v) is 9.71. The topological polar surface area (TPSA) is 77.2 Å². The molecule has 2 aromatic heterocycles. The van der Waals surface area contributed by atoms with Gasteiger partial charge in [0.25, 0.3) is 0 Å². The zero-order valence-electron chi connectivity index (χ0n) is 16.0. The minimum absolute atomic E-state index is 0.0676. The van der Waals surface area contributed by atoms with Crippen molar-refractivity contribution in [2.75, 3.05) is 11.9 Å². The maximum atomic E-state index is 12.3. The highest BCUT2D eigenvalue weighted by atomic mass is 32.1. The lowest BCUT2D eigenvalue weighted by Crippen LogP contribution is -2.12. The monoisotopic (exact) mass is 385 g/mol. The van der Waals surface area contributed by atoms with Crippen LogP contribution in [0.4, 0.5) is 5.13 Å². The van der Waals surface area contributed by atoms with Crippen molar-refractivity contribution < 1.29 is 14.1 Å². The molecule has 27 heavy (non-hydrogen) atoms. The molecule has 142 valence electrons. The van der Waals surface area contributed by atoms with Gasteiger partial charge in [0.2, 0.25) is 5.91 Å². The van der Waals surface area contributed by atoms with Crippen molar-refractivity contribution in [1.82, 2.24) is 10.1 Å². The number of nitrogens with zero attached hydrogens (tertiary/aromatic N) is 2. The van der Waals surface area contributed by atoms with E-state index in [4.69, 9.17) is 9.26 Å². The van der Waals surface area contributed by atoms with E-state index in [0.717, 1.165) is 38.9 Å². The van der Waals surface area contributed by atoms with Crippen LogP contribution >= 0.6 is 11.3 Å². The van der Waals surface area contributed by atoms with E-state index in [-0.39, 0.29) is 5.91 Å². The number of nitrogens with one attached hydrogen (secondary N) is 1. The van der Waals surface area contributed by atoms with Crippen LogP contribution in [-0.2, 0) is 11.2 Å². The molecule has 0 bridgehead atoms. The molecule has 6 nitrogen and oxygen atoms in total. The zero-order valence-corrected chi connectivity index (χ0v) is 16.8. The number of ether oxygens (including phenoxy) is 1. The quantitative estimate of drug-likeness (QED) is 0.638. The Morgan fingerprint density at radius 1 is 1.22 bits per heavy atom. The molecule has 0 aliphatic heterocycles. The molecule has 1 N–H and O–H groups in total. The predicted octanol–water partition coefficient (Wildman–Crippen LogP) is 4.69. The average molecular weight is 385 g/mol. The summed E-state index contributed by atoms with van der Waals surface area (Å²) in [6.07, 6.45) is 0.961. The molecule has 0 unspecified atom stereocenters. The summed E-state index contributed by atoms with van der Waals surface area (Å²) in [5, 5.41) is 7.43. The Morgan fingerprint density at radius 3 is 2.59 bits per heavy atom. The fourth-order valence-corrected chi connectivity index (χ4v) is 3.72. The van der Waals surface area contributed by atoms with Crippen LogP contribution in [0.15, 0.2) is 28.8 Å². The fourth-order valence-electron chi connectivity index (χ4n) is 2.87. The van der Waals surface area contributed by atoms with E-state index in [1.165, 1.54) is 11.3 Å². The van der Waals surface area contributed by atoms with E-state index in [0.29, 0.717) is 24.6 Å². The van der Waals surface area contributed by atoms with Crippen LogP contribution in [0.1, 0.15) is 35.2 Å². The third kappa shape index (κ3) is 4.54. The van der Waals surface area contributed by atoms with E-state index in [9.17, 15) is 4.79 Å². The summed E-state index contributed by atoms with van der Waals surface area (Å²) in [5.41, 5.74) is 3.71. The number of hydrogen-bond donors (Lipinski definition) is 1. The smallest absolute Gasteiger partial charge is 0.226 e. The predicted molar refractivity (Wildman–Crippen MR) is 106 cm³/mol. The Hall–Kier alpha value is -2.67. The molecule has 0 spiro atoms. The minimum Gasteiger partial charge on any atom is -0.494 e. The maximum absolute atomic E-state index is 12.3. The van der Waals surface area contributed by atoms with Crippen molar-refractivity contribution in [2.45, 2.75) is 40.5 Å². The van der Waals surface area contributed by atoms with Gasteiger partial charge in [-0.2, -0.15) is 0 Å². The van der Waals surface area contributed by atoms with Crippen LogP contribution in [0.25, 0.3) is 11.3 Å². The number of carbonyl (C=O) groups excluding carboxylic acids is 1. The molecule has 2 heterocycles. The average Bonchev–Trinajstić information content (AvgIpc) is 3.16. The van der Waals surface area contributed by atoms with Crippen molar-refractivity contribution in [1.29, 1.82) is 0 Å². The van der Waals surface area contributed by atoms with Gasteiger partial charge in [-0.3, -0.25) is 4.79 Å². The van der Waals surface area contributed by atoms with E-state index in [1.807, 2.05) is 52.0 Å². The molecule has 0 aliphatic rings. The van der Waals surface area contributed by atoms with Gasteiger partial charge >= 0.3 is 0 Å². The van der Waals surface area contributed by atoms with Gasteiger partial charge in [0.1, 0.15) is 11.5 Å². The number of amides is 1. The first-order chi connectivity index (χ1) is 13.0. The molecule has 0 saturated carbocycles. The van der Waals surface area contributed by atoms with Crippen molar-refractivity contribution in [2.24, 2.45) is 0 Å². The lowest BCUT2D eigenvalue weighted by molar-refractivity contribution is -0.116. The van der Waals surface area contributed by atoms with Crippen LogP contribution in [-0.4, -0.2) is 22.7 Å². The molecule has 0 atom stereocenters. The van der Waals surface area contributed by atoms with Gasteiger partial charge in [0, 0.05) is 22.4 Å². The van der Waals surface area contributed by atoms with Gasteiger partial charge in [-0.1, -0.05) is 5.16 Å². The first kappa shape index (κ1) is 19.1. The largest absolute Gasteiger partial charge is 0.494 e. The summed E-state index contributed by atoms with van der Waals surface area (Å²) >= 11 is 1.48. The highest BCUT2D eigenvalue weighted by molar-refractivity contribution is 7.16. The summed E-state index contributed by atoms with van der Waals surface area (Å²) in [5.74, 6) is 1.53. The van der Waals surface area contributed by atoms with Crippen LogP contribution in [0.5, 0.6) is 5.75 Å². The normalized spacial score (nSPS) is 10.8. The minimum atomic E-state index is -0.0676. The van der Waals surface area contributed by atoms with E-state index < -0.39 is 0 Å². The summed E-state index contributed by atoms with van der Waals surface area (Å²) < 4.78 is 10.6. The number of aryl methyl sites for hydroxylation is 3. The highest BCUT2D eigenvalue weighted by Crippen LogP contribution is 2.31. The van der Waals surface area contributed by atoms with Gasteiger partial charge in [-0.05, 0) is 58.4 Å². The van der Waals surface area contributed by atoms with Crippen LogP contribution < -0.4 is 10.1 Å². The number of aromatic nitrogens is 2.